The van der Waals surface area contributed by atoms with Crippen LogP contribution in [0.2, 0.25) is 0 Å². The van der Waals surface area contributed by atoms with Crippen LogP contribution in [0.4, 0.5) is 4.79 Å². The first-order valence-electron chi connectivity index (χ1n) is 17.9. The molecule has 12 nitrogen and oxygen atoms in total. The van der Waals surface area contributed by atoms with Crippen LogP contribution >= 0.6 is 11.3 Å². The third-order valence-corrected chi connectivity index (χ3v) is 11.6. The minimum Gasteiger partial charge on any atom is -0.453 e. The molecule has 0 radical (unpaired) electrons. The number of carbonyl (C=O) groups excluding carboxylic acids is 3. The van der Waals surface area contributed by atoms with E-state index in [1.807, 2.05) is 14.0 Å². The summed E-state index contributed by atoms with van der Waals surface area (Å²) < 4.78 is 6.96. The van der Waals surface area contributed by atoms with E-state index >= 15 is 0 Å². The number of nitrogens with one attached hydrogen (secondary N) is 4. The zero-order valence-electron chi connectivity index (χ0n) is 29.5. The number of aromatic nitrogens is 4. The normalized spacial score (nSPS) is 18.1. The van der Waals surface area contributed by atoms with Gasteiger partial charge in [-0.15, -0.1) is 11.3 Å². The number of thiophene rings is 1. The number of methoxy groups -OCH3 is 1. The van der Waals surface area contributed by atoms with Crippen molar-refractivity contribution >= 4 is 60.5 Å². The molecule has 4 heterocycles. The number of amides is 3. The standard InChI is InChI=1S/C39H42N8O4S/c1-4-13-46(35(48)20-42-39(50)51-3)21-34-41-18-31(43-34)24-7-11-28-27-10-6-23(16-32(27)52-33(28)17-24)22-8-12-29-30(15-22)45-38(44-29)37-25-5-9-26(14-25)47(37)36(49)19-40-2/h6-8,10-12,15-18,25-26,37,40H,4-5,9,13-14,19-21H2,1-3H3,(H,41,43)(H,42,50)(H,44,45). The third-order valence-electron chi connectivity index (χ3n) is 10.5. The second-order valence-corrected chi connectivity index (χ2v) is 14.9. The Kier molecular flexibility index (Phi) is 9.14. The first kappa shape index (κ1) is 33.9. The van der Waals surface area contributed by atoms with Crippen LogP contribution in [0.3, 0.4) is 0 Å². The largest absolute Gasteiger partial charge is 0.453 e. The summed E-state index contributed by atoms with van der Waals surface area (Å²) in [7, 11) is 3.09. The van der Waals surface area contributed by atoms with Crippen LogP contribution in [0.25, 0.3) is 53.6 Å². The molecule has 3 aromatic carbocycles. The molecular weight excluding hydrogens is 677 g/mol. The molecule has 13 heteroatoms. The molecule has 6 aromatic rings. The number of alkyl carbamates (subject to hydrolysis) is 1. The first-order chi connectivity index (χ1) is 25.3. The lowest BCUT2D eigenvalue weighted by Gasteiger charge is -2.34. The lowest BCUT2D eigenvalue weighted by atomic mass is 9.98. The second-order valence-electron chi connectivity index (χ2n) is 13.8. The van der Waals surface area contributed by atoms with E-state index in [-0.39, 0.29) is 24.4 Å². The number of likely N-dealkylation sites (tertiary alicyclic amines) is 1. The van der Waals surface area contributed by atoms with Crippen molar-refractivity contribution in [3.8, 4) is 22.4 Å². The molecule has 1 aliphatic carbocycles. The van der Waals surface area contributed by atoms with Crippen molar-refractivity contribution in [1.29, 1.82) is 0 Å². The van der Waals surface area contributed by atoms with Gasteiger partial charge in [-0.05, 0) is 74.0 Å². The summed E-state index contributed by atoms with van der Waals surface area (Å²) in [6.07, 6.45) is 5.21. The summed E-state index contributed by atoms with van der Waals surface area (Å²) in [6.45, 7) is 3.07. The minimum atomic E-state index is -0.638. The number of hydrogen-bond acceptors (Lipinski definition) is 8. The average Bonchev–Trinajstić information content (AvgIpc) is 4.00. The summed E-state index contributed by atoms with van der Waals surface area (Å²) in [5, 5.41) is 7.90. The fourth-order valence-corrected chi connectivity index (χ4v) is 9.26. The lowest BCUT2D eigenvalue weighted by Crippen LogP contribution is -2.44. The number of carbonyl (C=O) groups is 3. The molecule has 2 aliphatic rings. The molecule has 0 spiro atoms. The van der Waals surface area contributed by atoms with Crippen molar-refractivity contribution < 1.29 is 19.1 Å². The molecule has 1 aliphatic heterocycles. The number of fused-ring (bicyclic) bond motifs is 6. The summed E-state index contributed by atoms with van der Waals surface area (Å²) in [4.78, 5) is 57.6. The maximum atomic E-state index is 13.0. The molecule has 2 fully saturated rings. The zero-order valence-corrected chi connectivity index (χ0v) is 30.3. The Morgan fingerprint density at radius 2 is 1.73 bits per heavy atom. The van der Waals surface area contributed by atoms with Gasteiger partial charge in [0.15, 0.2) is 0 Å². The Hall–Kier alpha value is -5.27. The molecule has 52 heavy (non-hydrogen) atoms. The number of H-pyrrole nitrogens is 2. The fourth-order valence-electron chi connectivity index (χ4n) is 8.08. The van der Waals surface area contributed by atoms with Gasteiger partial charge in [-0.1, -0.05) is 37.3 Å². The van der Waals surface area contributed by atoms with E-state index in [1.54, 1.807) is 22.4 Å². The maximum Gasteiger partial charge on any atom is 0.407 e. The smallest absolute Gasteiger partial charge is 0.407 e. The number of hydrogen-bond donors (Lipinski definition) is 4. The topological polar surface area (TPSA) is 148 Å². The summed E-state index contributed by atoms with van der Waals surface area (Å²) in [5.41, 5.74) is 6.03. The van der Waals surface area contributed by atoms with E-state index in [4.69, 9.17) is 4.98 Å². The predicted molar refractivity (Wildman–Crippen MR) is 203 cm³/mol. The Bertz CT molecular complexity index is 2310. The van der Waals surface area contributed by atoms with Gasteiger partial charge in [0, 0.05) is 38.3 Å². The molecule has 268 valence electrons. The number of imidazole rings is 2. The molecule has 4 N–H and O–H groups in total. The van der Waals surface area contributed by atoms with E-state index < -0.39 is 6.09 Å². The van der Waals surface area contributed by atoms with Gasteiger partial charge in [-0.25, -0.2) is 14.8 Å². The average molecular weight is 719 g/mol. The fraction of sp³-hybridized carbons (Fsp3) is 0.359. The zero-order chi connectivity index (χ0) is 35.9. The van der Waals surface area contributed by atoms with Crippen molar-refractivity contribution in [3.05, 3.63) is 72.4 Å². The number of piperidine rings is 1. The van der Waals surface area contributed by atoms with Crippen LogP contribution in [0.1, 0.15) is 50.3 Å². The Labute approximate surface area is 304 Å². The Morgan fingerprint density at radius 1 is 0.981 bits per heavy atom. The molecular formula is C39H42N8O4S. The number of rotatable bonds is 11. The van der Waals surface area contributed by atoms with Gasteiger partial charge in [0.05, 0.1) is 49.2 Å². The van der Waals surface area contributed by atoms with Gasteiger partial charge in [-0.2, -0.15) is 0 Å². The SMILES string of the molecule is CCCN(Cc1ncc(-c2ccc3c(c2)sc2cc(-c4ccc5nc(C6C7CCC(C7)N6C(=O)CNC)[nH]c5c4)ccc23)[nH]1)C(=O)CNC(=O)OC. The molecule has 2 bridgehead atoms. The summed E-state index contributed by atoms with van der Waals surface area (Å²) in [5.74, 6) is 1.96. The second kappa shape index (κ2) is 14.0. The van der Waals surface area contributed by atoms with E-state index in [0.29, 0.717) is 37.4 Å². The van der Waals surface area contributed by atoms with Gasteiger partial charge in [0.1, 0.15) is 18.2 Å². The monoisotopic (exact) mass is 718 g/mol. The van der Waals surface area contributed by atoms with Crippen molar-refractivity contribution in [2.24, 2.45) is 5.92 Å². The highest BCUT2D eigenvalue weighted by atomic mass is 32.1. The number of aromatic amines is 2. The number of likely N-dealkylation sites (N-methyl/N-ethyl adjacent to an activating group) is 1. The van der Waals surface area contributed by atoms with Crippen molar-refractivity contribution in [2.75, 3.05) is 33.8 Å². The Morgan fingerprint density at radius 3 is 2.50 bits per heavy atom. The van der Waals surface area contributed by atoms with Crippen LogP contribution < -0.4 is 10.6 Å². The van der Waals surface area contributed by atoms with E-state index in [1.165, 1.54) is 27.3 Å². The number of ether oxygens (including phenoxy) is 1. The lowest BCUT2D eigenvalue weighted by molar-refractivity contribution is -0.135. The van der Waals surface area contributed by atoms with Crippen LogP contribution in [0.5, 0.6) is 0 Å². The third kappa shape index (κ3) is 6.28. The van der Waals surface area contributed by atoms with Crippen LogP contribution in [0, 0.1) is 5.92 Å². The van der Waals surface area contributed by atoms with Gasteiger partial charge in [-0.3, -0.25) is 9.59 Å². The molecule has 3 atom stereocenters. The molecule has 3 unspecified atom stereocenters. The van der Waals surface area contributed by atoms with Crippen LogP contribution in [-0.2, 0) is 20.9 Å². The molecule has 3 amide bonds. The first-order valence-corrected chi connectivity index (χ1v) is 18.7. The summed E-state index contributed by atoms with van der Waals surface area (Å²) >= 11 is 1.76. The van der Waals surface area contributed by atoms with E-state index in [2.05, 4.69) is 89.8 Å². The van der Waals surface area contributed by atoms with Gasteiger partial charge < -0.3 is 35.1 Å². The van der Waals surface area contributed by atoms with Crippen LogP contribution in [0.15, 0.2) is 60.8 Å². The molecule has 1 saturated carbocycles. The van der Waals surface area contributed by atoms with Gasteiger partial charge >= 0.3 is 6.09 Å². The highest BCUT2D eigenvalue weighted by molar-refractivity contribution is 7.25. The van der Waals surface area contributed by atoms with Crippen molar-refractivity contribution in [3.63, 3.8) is 0 Å². The maximum absolute atomic E-state index is 13.0. The number of nitrogens with zero attached hydrogens (tertiary/aromatic N) is 4. The quantitative estimate of drug-likeness (QED) is 0.122. The van der Waals surface area contributed by atoms with E-state index in [0.717, 1.165) is 64.9 Å². The molecule has 8 rings (SSSR count). The predicted octanol–water partition coefficient (Wildman–Crippen LogP) is 6.35. The van der Waals surface area contributed by atoms with Crippen molar-refractivity contribution in [2.45, 2.75) is 51.2 Å². The molecule has 3 aromatic heterocycles. The Balaban J connectivity index is 1.02. The van der Waals surface area contributed by atoms with Crippen LogP contribution in [-0.4, -0.2) is 87.5 Å². The molecule has 1 saturated heterocycles. The van der Waals surface area contributed by atoms with Gasteiger partial charge in [0.25, 0.3) is 0 Å². The highest BCUT2D eigenvalue weighted by Gasteiger charge is 2.49. The van der Waals surface area contributed by atoms with Crippen molar-refractivity contribution in [1.82, 2.24) is 40.4 Å². The highest BCUT2D eigenvalue weighted by Crippen LogP contribution is 2.50. The van der Waals surface area contributed by atoms with Gasteiger partial charge in [0.2, 0.25) is 11.8 Å². The van der Waals surface area contributed by atoms with E-state index in [9.17, 15) is 14.4 Å². The summed E-state index contributed by atoms with van der Waals surface area (Å²) in [6, 6.07) is 19.8. The minimum absolute atomic E-state index is 0.00499. The number of benzene rings is 3.